The molecule has 14 nitrogen and oxygen atoms in total. The number of nitrogens with zero attached hydrogens (tertiary/aromatic N) is 5. The van der Waals surface area contributed by atoms with Gasteiger partial charge in [-0.2, -0.15) is 0 Å². The minimum atomic E-state index is -0.823. The van der Waals surface area contributed by atoms with Gasteiger partial charge < -0.3 is 29.2 Å². The van der Waals surface area contributed by atoms with Crippen molar-refractivity contribution in [1.82, 2.24) is 35.5 Å². The van der Waals surface area contributed by atoms with Gasteiger partial charge in [0.2, 0.25) is 12.7 Å². The number of H-pyrrole nitrogens is 1. The number of hydrogen-bond donors (Lipinski definition) is 3. The van der Waals surface area contributed by atoms with E-state index in [4.69, 9.17) is 25.8 Å². The van der Waals surface area contributed by atoms with Crippen molar-refractivity contribution in [2.45, 2.75) is 89.6 Å². The van der Waals surface area contributed by atoms with E-state index in [1.54, 1.807) is 11.7 Å². The first-order chi connectivity index (χ1) is 29.2. The minimum absolute atomic E-state index is 0.00168. The number of tetrazole rings is 1. The van der Waals surface area contributed by atoms with Crippen LogP contribution in [0.3, 0.4) is 0 Å². The van der Waals surface area contributed by atoms with Gasteiger partial charge in [-0.15, -0.1) is 5.10 Å². The first-order valence-electron chi connectivity index (χ1n) is 20.7. The number of unbranched alkanes of at least 4 members (excludes halogenated alkanes) is 1. The Labute approximate surface area is 354 Å². The Bertz CT molecular complexity index is 2230. The lowest BCUT2D eigenvalue weighted by Crippen LogP contribution is -2.56. The van der Waals surface area contributed by atoms with Gasteiger partial charge in [0.1, 0.15) is 5.82 Å². The van der Waals surface area contributed by atoms with Gasteiger partial charge in [0.05, 0.1) is 23.5 Å². The Morgan fingerprint density at radius 1 is 0.967 bits per heavy atom. The number of aliphatic hydroxyl groups is 1. The number of esters is 2. The summed E-state index contributed by atoms with van der Waals surface area (Å²) in [6.07, 6.45) is 6.89. The van der Waals surface area contributed by atoms with E-state index >= 15 is 0 Å². The summed E-state index contributed by atoms with van der Waals surface area (Å²) in [7, 11) is 1.55. The topological polar surface area (TPSA) is 183 Å². The molecule has 0 radical (unpaired) electrons. The molecule has 0 bridgehead atoms. The van der Waals surface area contributed by atoms with Gasteiger partial charge in [-0.05, 0) is 83.2 Å². The summed E-state index contributed by atoms with van der Waals surface area (Å²) in [6.45, 7) is 1.80. The molecule has 3 aromatic carbocycles. The Morgan fingerprint density at radius 2 is 1.67 bits per heavy atom. The third-order valence-corrected chi connectivity index (χ3v) is 12.3. The van der Waals surface area contributed by atoms with Crippen LogP contribution in [0.15, 0.2) is 72.8 Å². The van der Waals surface area contributed by atoms with E-state index in [9.17, 15) is 19.5 Å². The van der Waals surface area contributed by atoms with Crippen molar-refractivity contribution in [1.29, 1.82) is 0 Å². The number of aryl methyl sites for hydroxylation is 1. The van der Waals surface area contributed by atoms with Gasteiger partial charge in [0.25, 0.3) is 0 Å². The van der Waals surface area contributed by atoms with E-state index in [2.05, 4.69) is 37.8 Å². The van der Waals surface area contributed by atoms with Gasteiger partial charge in [-0.1, -0.05) is 111 Å². The molecular weight excluding hydrogens is 786 g/mol. The van der Waals surface area contributed by atoms with Crippen molar-refractivity contribution in [3.63, 3.8) is 0 Å². The maximum absolute atomic E-state index is 14.2. The number of nitrogens with one attached hydrogen (secondary N) is 2. The maximum atomic E-state index is 14.2. The number of aliphatic hydroxyl groups excluding tert-OH is 1. The van der Waals surface area contributed by atoms with Crippen molar-refractivity contribution >= 4 is 29.4 Å². The number of methoxy groups -OCH3 is 1. The van der Waals surface area contributed by atoms with Gasteiger partial charge >= 0.3 is 11.9 Å². The number of carbonyl (C=O) groups is 3. The minimum Gasteiger partial charge on any atom is -0.428 e. The average Bonchev–Trinajstić information content (AvgIpc) is 4.09. The monoisotopic (exact) mass is 837 g/mol. The number of amides is 1. The van der Waals surface area contributed by atoms with Gasteiger partial charge in [0, 0.05) is 32.2 Å². The van der Waals surface area contributed by atoms with Gasteiger partial charge in [0.15, 0.2) is 16.7 Å². The molecule has 2 aromatic heterocycles. The van der Waals surface area contributed by atoms with E-state index in [-0.39, 0.29) is 36.4 Å². The highest BCUT2D eigenvalue weighted by atomic mass is 35.5. The zero-order chi connectivity index (χ0) is 42.1. The largest absolute Gasteiger partial charge is 0.428 e. The van der Waals surface area contributed by atoms with Crippen LogP contribution in [0.5, 0.6) is 0 Å². The van der Waals surface area contributed by atoms with Crippen molar-refractivity contribution in [3.05, 3.63) is 106 Å². The molecule has 7 rings (SSSR count). The Hall–Kier alpha value is -5.44. The van der Waals surface area contributed by atoms with Crippen LogP contribution in [0, 0.1) is 11.3 Å². The molecule has 1 fully saturated rings. The van der Waals surface area contributed by atoms with Crippen LogP contribution in [0.2, 0.25) is 5.15 Å². The lowest BCUT2D eigenvalue weighted by Gasteiger charge is -2.36. The number of fused-ring (bicyclic) bond motifs is 1. The van der Waals surface area contributed by atoms with Crippen LogP contribution in [0.1, 0.15) is 91.3 Å². The smallest absolute Gasteiger partial charge is 0.361 e. The zero-order valence-electron chi connectivity index (χ0n) is 34.1. The summed E-state index contributed by atoms with van der Waals surface area (Å²) in [4.78, 5) is 46.3. The standard InChI is InChI=1S/C45H52ClN7O7/c1-3-4-15-37-47-39(46)38(53(37)27-30-16-18-31(19-17-30)35-13-7-8-14-36(35)40-49-51-52-50-40)42(56)60-29-59-41(55)34(20-23-58-2)24-44(21-9-10-22-44)43(57)48-45(28-54)25-32-11-5-6-12-33(32)26-45/h5-8,11-14,16-19,34,54H,3-4,9-10,15,20-29H2,1-2H3,(H,48,57)(H,49,50,51,52). The Balaban J connectivity index is 1.02. The summed E-state index contributed by atoms with van der Waals surface area (Å²) in [5.41, 5.74) is 4.33. The summed E-state index contributed by atoms with van der Waals surface area (Å²) in [5.74, 6) is -1.02. The molecule has 60 heavy (non-hydrogen) atoms. The maximum Gasteiger partial charge on any atom is 0.361 e. The highest BCUT2D eigenvalue weighted by Crippen LogP contribution is 2.45. The number of rotatable bonds is 19. The van der Waals surface area contributed by atoms with Crippen LogP contribution >= 0.6 is 11.6 Å². The van der Waals surface area contributed by atoms with Crippen molar-refractivity contribution in [2.24, 2.45) is 11.3 Å². The van der Waals surface area contributed by atoms with E-state index < -0.39 is 35.6 Å². The van der Waals surface area contributed by atoms with E-state index in [1.165, 1.54) is 0 Å². The van der Waals surface area contributed by atoms with E-state index in [0.717, 1.165) is 59.1 Å². The number of halogens is 1. The molecule has 316 valence electrons. The summed E-state index contributed by atoms with van der Waals surface area (Å²) in [5, 5.41) is 28.1. The fraction of sp³-hybridized carbons (Fsp3) is 0.444. The first-order valence-corrected chi connectivity index (χ1v) is 21.1. The predicted molar refractivity (Wildman–Crippen MR) is 224 cm³/mol. The first kappa shape index (κ1) is 42.7. The molecule has 1 amide bonds. The molecule has 15 heteroatoms. The number of aromatic amines is 1. The Morgan fingerprint density at radius 3 is 2.32 bits per heavy atom. The average molecular weight is 838 g/mol. The predicted octanol–water partition coefficient (Wildman–Crippen LogP) is 6.68. The number of ether oxygens (including phenoxy) is 3. The van der Waals surface area contributed by atoms with Crippen LogP contribution in [0.25, 0.3) is 22.5 Å². The molecule has 2 aliphatic rings. The van der Waals surface area contributed by atoms with E-state index in [1.807, 2.05) is 72.8 Å². The fourth-order valence-electron chi connectivity index (χ4n) is 8.79. The number of hydrogen-bond acceptors (Lipinski definition) is 11. The molecule has 5 aromatic rings. The van der Waals surface area contributed by atoms with Crippen LogP contribution in [-0.4, -0.2) is 85.8 Å². The highest BCUT2D eigenvalue weighted by Gasteiger charge is 2.48. The third-order valence-electron chi connectivity index (χ3n) is 12.0. The number of aromatic nitrogens is 6. The molecule has 2 aliphatic carbocycles. The quantitative estimate of drug-likeness (QED) is 0.0596. The molecule has 1 saturated carbocycles. The van der Waals surface area contributed by atoms with E-state index in [0.29, 0.717) is 56.7 Å². The van der Waals surface area contributed by atoms with Gasteiger partial charge in [-0.25, -0.2) is 14.9 Å². The van der Waals surface area contributed by atoms with Crippen molar-refractivity contribution in [2.75, 3.05) is 27.1 Å². The fourth-order valence-corrected chi connectivity index (χ4v) is 9.07. The zero-order valence-corrected chi connectivity index (χ0v) is 34.9. The van der Waals surface area contributed by atoms with Crippen LogP contribution in [-0.2, 0) is 49.6 Å². The van der Waals surface area contributed by atoms with Crippen molar-refractivity contribution in [3.8, 4) is 22.5 Å². The second kappa shape index (κ2) is 19.3. The summed E-state index contributed by atoms with van der Waals surface area (Å²) in [6, 6.07) is 23.8. The highest BCUT2D eigenvalue weighted by molar-refractivity contribution is 6.32. The van der Waals surface area contributed by atoms with Gasteiger partial charge in [-0.3, -0.25) is 9.59 Å². The lowest BCUT2D eigenvalue weighted by molar-refractivity contribution is -0.159. The summed E-state index contributed by atoms with van der Waals surface area (Å²) >= 11 is 6.63. The van der Waals surface area contributed by atoms with Crippen LogP contribution in [0.4, 0.5) is 0 Å². The molecule has 1 atom stereocenters. The molecule has 2 heterocycles. The normalized spacial score (nSPS) is 15.7. The molecule has 0 saturated heterocycles. The number of imidazole rings is 1. The third kappa shape index (κ3) is 9.46. The number of benzene rings is 3. The van der Waals surface area contributed by atoms with Crippen molar-refractivity contribution < 1.29 is 33.7 Å². The second-order valence-corrected chi connectivity index (χ2v) is 16.4. The molecule has 0 spiro atoms. The Kier molecular flexibility index (Phi) is 13.7. The lowest BCUT2D eigenvalue weighted by atomic mass is 9.75. The SMILES string of the molecule is CCCCc1nc(Cl)c(C(=O)OCOC(=O)C(CCOC)CC2(C(=O)NC3(CO)Cc4ccccc4C3)CCCC2)n1Cc1ccc(-c2ccccc2-c2nnn[nH]2)cc1. The summed E-state index contributed by atoms with van der Waals surface area (Å²) < 4.78 is 18.3. The molecule has 3 N–H and O–H groups in total. The molecule has 0 aliphatic heterocycles. The molecule has 1 unspecified atom stereocenters. The van der Waals surface area contributed by atoms with Crippen LogP contribution < -0.4 is 5.32 Å². The number of carbonyl (C=O) groups excluding carboxylic acids is 3. The second-order valence-electron chi connectivity index (χ2n) is 16.0. The molecular formula is C45H52ClN7O7.